The van der Waals surface area contributed by atoms with Crippen LogP contribution in [-0.4, -0.2) is 22.0 Å². The van der Waals surface area contributed by atoms with Gasteiger partial charge in [0.1, 0.15) is 0 Å². The van der Waals surface area contributed by atoms with E-state index < -0.39 is 11.9 Å². The van der Waals surface area contributed by atoms with Crippen molar-refractivity contribution in [3.63, 3.8) is 0 Å². The number of nitrogens with one attached hydrogen (secondary N) is 1. The first kappa shape index (κ1) is 17.4. The van der Waals surface area contributed by atoms with Crippen LogP contribution in [0.15, 0.2) is 79.0 Å². The van der Waals surface area contributed by atoms with Gasteiger partial charge in [-0.15, -0.1) is 0 Å². The molecule has 0 fully saturated rings. The van der Waals surface area contributed by atoms with Crippen molar-refractivity contribution < 1.29 is 14.7 Å². The fourth-order valence-corrected chi connectivity index (χ4v) is 2.69. The Balaban J connectivity index is 1.67. The lowest BCUT2D eigenvalue weighted by molar-refractivity contribution is -0.140. The molecule has 3 aromatic rings. The second-order valence-corrected chi connectivity index (χ2v) is 5.85. The number of aromatic nitrogens is 1. The topological polar surface area (TPSA) is 79.3 Å². The summed E-state index contributed by atoms with van der Waals surface area (Å²) in [5.74, 6) is -2.23. The largest absolute Gasteiger partial charge is 0.481 e. The molecule has 1 atom stereocenters. The first-order valence-electron chi connectivity index (χ1n) is 8.22. The summed E-state index contributed by atoms with van der Waals surface area (Å²) in [4.78, 5) is 28.1. The van der Waals surface area contributed by atoms with Gasteiger partial charge in [0.15, 0.2) is 0 Å². The molecule has 5 nitrogen and oxygen atoms in total. The number of anilines is 1. The van der Waals surface area contributed by atoms with Crippen molar-refractivity contribution in [3.8, 4) is 11.3 Å². The third kappa shape index (κ3) is 4.33. The Hall–Kier alpha value is -3.47. The molecule has 2 aromatic carbocycles. The molecule has 1 heterocycles. The lowest BCUT2D eigenvalue weighted by atomic mass is 9.95. The van der Waals surface area contributed by atoms with Gasteiger partial charge in [-0.1, -0.05) is 48.5 Å². The van der Waals surface area contributed by atoms with Gasteiger partial charge in [-0.3, -0.25) is 14.6 Å². The summed E-state index contributed by atoms with van der Waals surface area (Å²) in [7, 11) is 0. The van der Waals surface area contributed by atoms with Gasteiger partial charge in [0.25, 0.3) is 0 Å². The van der Waals surface area contributed by atoms with Crippen molar-refractivity contribution in [2.24, 2.45) is 0 Å². The SMILES string of the molecule is O=C(CC(C(=O)O)c1ccccc1)Nc1ccc(-c2ccccn2)cc1. The summed E-state index contributed by atoms with van der Waals surface area (Å²) < 4.78 is 0. The van der Waals surface area contributed by atoms with Crippen molar-refractivity contribution in [1.82, 2.24) is 4.98 Å². The Bertz CT molecular complexity index is 878. The molecule has 130 valence electrons. The molecule has 3 rings (SSSR count). The van der Waals surface area contributed by atoms with Crippen molar-refractivity contribution >= 4 is 17.6 Å². The van der Waals surface area contributed by atoms with Gasteiger partial charge in [-0.2, -0.15) is 0 Å². The fourth-order valence-electron chi connectivity index (χ4n) is 2.69. The first-order valence-corrected chi connectivity index (χ1v) is 8.22. The number of carbonyl (C=O) groups excluding carboxylic acids is 1. The average molecular weight is 346 g/mol. The van der Waals surface area contributed by atoms with E-state index in [1.54, 1.807) is 42.6 Å². The van der Waals surface area contributed by atoms with Crippen LogP contribution in [0.3, 0.4) is 0 Å². The molecular formula is C21H18N2O3. The number of hydrogen-bond acceptors (Lipinski definition) is 3. The Morgan fingerprint density at radius 2 is 1.62 bits per heavy atom. The fraction of sp³-hybridized carbons (Fsp3) is 0.0952. The molecule has 0 aliphatic carbocycles. The van der Waals surface area contributed by atoms with Gasteiger partial charge in [-0.05, 0) is 29.8 Å². The van der Waals surface area contributed by atoms with E-state index in [2.05, 4.69) is 10.3 Å². The first-order chi connectivity index (χ1) is 12.6. The van der Waals surface area contributed by atoms with E-state index in [0.717, 1.165) is 11.3 Å². The van der Waals surface area contributed by atoms with E-state index in [9.17, 15) is 14.7 Å². The second kappa shape index (κ2) is 8.07. The molecule has 26 heavy (non-hydrogen) atoms. The summed E-state index contributed by atoms with van der Waals surface area (Å²) in [6.45, 7) is 0. The number of carboxylic acids is 1. The zero-order valence-corrected chi connectivity index (χ0v) is 14.0. The third-order valence-corrected chi connectivity index (χ3v) is 4.02. The number of aliphatic carboxylic acids is 1. The number of benzene rings is 2. The number of pyridine rings is 1. The molecular weight excluding hydrogens is 328 g/mol. The van der Waals surface area contributed by atoms with Crippen LogP contribution in [0.1, 0.15) is 17.9 Å². The molecule has 0 radical (unpaired) electrons. The Kier molecular flexibility index (Phi) is 5.39. The van der Waals surface area contributed by atoms with Crippen LogP contribution < -0.4 is 5.32 Å². The van der Waals surface area contributed by atoms with Crippen molar-refractivity contribution in [2.45, 2.75) is 12.3 Å². The Morgan fingerprint density at radius 3 is 2.23 bits per heavy atom. The molecule has 0 bridgehead atoms. The minimum atomic E-state index is -1.02. The molecule has 0 saturated heterocycles. The van der Waals surface area contributed by atoms with Gasteiger partial charge in [0, 0.05) is 23.9 Å². The zero-order valence-electron chi connectivity index (χ0n) is 14.0. The van der Waals surface area contributed by atoms with Crippen LogP contribution in [0.5, 0.6) is 0 Å². The monoisotopic (exact) mass is 346 g/mol. The number of rotatable bonds is 6. The molecule has 0 saturated carbocycles. The van der Waals surface area contributed by atoms with E-state index in [0.29, 0.717) is 11.3 Å². The maximum absolute atomic E-state index is 12.3. The van der Waals surface area contributed by atoms with Crippen molar-refractivity contribution in [2.75, 3.05) is 5.32 Å². The number of hydrogen-bond donors (Lipinski definition) is 2. The quantitative estimate of drug-likeness (QED) is 0.708. The summed E-state index contributed by atoms with van der Waals surface area (Å²) in [5.41, 5.74) is 3.02. The standard InChI is InChI=1S/C21H18N2O3/c24-20(14-18(21(25)26)15-6-2-1-3-7-15)23-17-11-9-16(10-12-17)19-8-4-5-13-22-19/h1-13,18H,14H2,(H,23,24)(H,25,26). The lowest BCUT2D eigenvalue weighted by Crippen LogP contribution is -2.20. The number of nitrogens with zero attached hydrogens (tertiary/aromatic N) is 1. The number of carbonyl (C=O) groups is 2. The predicted molar refractivity (Wildman–Crippen MR) is 99.7 cm³/mol. The summed E-state index contributed by atoms with van der Waals surface area (Å²) in [6, 6.07) is 21.7. The average Bonchev–Trinajstić information content (AvgIpc) is 2.68. The van der Waals surface area contributed by atoms with E-state index in [-0.39, 0.29) is 12.3 Å². The summed E-state index contributed by atoms with van der Waals surface area (Å²) in [6.07, 6.45) is 1.60. The molecule has 0 aliphatic rings. The number of carboxylic acid groups (broad SMARTS) is 1. The second-order valence-electron chi connectivity index (χ2n) is 5.85. The molecule has 5 heteroatoms. The summed E-state index contributed by atoms with van der Waals surface area (Å²) in [5, 5.41) is 12.2. The van der Waals surface area contributed by atoms with E-state index in [1.807, 2.05) is 36.4 Å². The van der Waals surface area contributed by atoms with Crippen LogP contribution in [0, 0.1) is 0 Å². The van der Waals surface area contributed by atoms with Gasteiger partial charge in [-0.25, -0.2) is 0 Å². The zero-order chi connectivity index (χ0) is 18.4. The highest BCUT2D eigenvalue weighted by Crippen LogP contribution is 2.22. The van der Waals surface area contributed by atoms with Crippen LogP contribution in [0.2, 0.25) is 0 Å². The highest BCUT2D eigenvalue weighted by Gasteiger charge is 2.23. The van der Waals surface area contributed by atoms with E-state index in [4.69, 9.17) is 0 Å². The van der Waals surface area contributed by atoms with Gasteiger partial charge >= 0.3 is 5.97 Å². The van der Waals surface area contributed by atoms with Crippen molar-refractivity contribution in [3.05, 3.63) is 84.6 Å². The molecule has 1 amide bonds. The maximum Gasteiger partial charge on any atom is 0.311 e. The van der Waals surface area contributed by atoms with Gasteiger partial charge < -0.3 is 10.4 Å². The summed E-state index contributed by atoms with van der Waals surface area (Å²) >= 11 is 0. The van der Waals surface area contributed by atoms with Gasteiger partial charge in [0.2, 0.25) is 5.91 Å². The Labute approximate surface area is 151 Å². The molecule has 1 unspecified atom stereocenters. The maximum atomic E-state index is 12.3. The Morgan fingerprint density at radius 1 is 0.923 bits per heavy atom. The minimum Gasteiger partial charge on any atom is -0.481 e. The number of amides is 1. The van der Waals surface area contributed by atoms with E-state index >= 15 is 0 Å². The smallest absolute Gasteiger partial charge is 0.311 e. The molecule has 0 aliphatic heterocycles. The van der Waals surface area contributed by atoms with Crippen LogP contribution in [0.25, 0.3) is 11.3 Å². The van der Waals surface area contributed by atoms with Crippen LogP contribution in [0.4, 0.5) is 5.69 Å². The van der Waals surface area contributed by atoms with Crippen LogP contribution in [-0.2, 0) is 9.59 Å². The highest BCUT2D eigenvalue weighted by atomic mass is 16.4. The highest BCUT2D eigenvalue weighted by molar-refractivity contribution is 5.94. The van der Waals surface area contributed by atoms with Gasteiger partial charge in [0.05, 0.1) is 11.6 Å². The minimum absolute atomic E-state index is 0.124. The molecule has 2 N–H and O–H groups in total. The third-order valence-electron chi connectivity index (χ3n) is 4.02. The predicted octanol–water partition coefficient (Wildman–Crippen LogP) is 3.95. The lowest BCUT2D eigenvalue weighted by Gasteiger charge is -2.13. The van der Waals surface area contributed by atoms with Crippen LogP contribution >= 0.6 is 0 Å². The van der Waals surface area contributed by atoms with Crippen molar-refractivity contribution in [1.29, 1.82) is 0 Å². The normalized spacial score (nSPS) is 11.5. The molecule has 0 spiro atoms. The van der Waals surface area contributed by atoms with E-state index in [1.165, 1.54) is 0 Å². The molecule has 1 aromatic heterocycles.